The molecule has 0 bridgehead atoms. The lowest BCUT2D eigenvalue weighted by atomic mass is 9.45. The van der Waals surface area contributed by atoms with Crippen molar-refractivity contribution in [3.8, 4) is 0 Å². The van der Waals surface area contributed by atoms with Crippen molar-refractivity contribution in [1.29, 1.82) is 0 Å². The van der Waals surface area contributed by atoms with E-state index in [1.807, 2.05) is 13.8 Å². The quantitative estimate of drug-likeness (QED) is 0.514. The van der Waals surface area contributed by atoms with Crippen LogP contribution in [0, 0.1) is 40.4 Å². The van der Waals surface area contributed by atoms with Gasteiger partial charge < -0.3 is 24.8 Å². The number of hydrogen-bond acceptors (Lipinski definition) is 6. The first kappa shape index (κ1) is 26.8. The van der Waals surface area contributed by atoms with E-state index in [0.29, 0.717) is 31.6 Å². The summed E-state index contributed by atoms with van der Waals surface area (Å²) in [6.45, 7) is 14.5. The Kier molecular flexibility index (Phi) is 6.41. The number of fused-ring (bicyclic) bond motifs is 6. The Morgan fingerprint density at radius 1 is 1.06 bits per heavy atom. The number of carbonyl (C=O) groups is 1. The highest BCUT2D eigenvalue weighted by molar-refractivity contribution is 5.95. The maximum absolute atomic E-state index is 13.6. The predicted octanol–water partition coefficient (Wildman–Crippen LogP) is 4.39. The number of aliphatic hydroxyl groups excluding tert-OH is 2. The molecule has 3 N–H and O–H groups in total. The molecule has 5 rings (SSSR count). The molecule has 0 aromatic heterocycles. The first-order chi connectivity index (χ1) is 16.6. The molecule has 0 aromatic rings. The van der Waals surface area contributed by atoms with Gasteiger partial charge in [-0.3, -0.25) is 4.79 Å². The molecular weight excluding hydrogens is 456 g/mol. The van der Waals surface area contributed by atoms with Gasteiger partial charge in [-0.15, -0.1) is 0 Å². The molecule has 1 saturated heterocycles. The molecule has 11 atom stereocenters. The van der Waals surface area contributed by atoms with Crippen molar-refractivity contribution in [2.45, 2.75) is 129 Å². The smallest absolute Gasteiger partial charge is 0.163 e. The SMILES string of the molecule is CC(C)CC[C@@H](O)[C@@H](C)[C@H]1CC[C@@]2(O)C3=CC(=O)[C@@H]4C[C@H]5OC(C)(C)O[C@H]5C[C@]4(C)[C@H]3[C@H](O)C[C@]12C. The van der Waals surface area contributed by atoms with Crippen LogP contribution in [0.3, 0.4) is 0 Å². The third-order valence-electron chi connectivity index (χ3n) is 11.2. The highest BCUT2D eigenvalue weighted by atomic mass is 16.7. The number of aliphatic hydroxyl groups is 3. The van der Waals surface area contributed by atoms with Gasteiger partial charge in [-0.1, -0.05) is 34.6 Å². The van der Waals surface area contributed by atoms with Crippen LogP contribution in [0.1, 0.15) is 93.4 Å². The summed E-state index contributed by atoms with van der Waals surface area (Å²) in [4.78, 5) is 13.6. The van der Waals surface area contributed by atoms with E-state index in [0.717, 1.165) is 24.8 Å². The first-order valence-electron chi connectivity index (χ1n) is 14.3. The molecule has 0 spiro atoms. The molecular formula is C30H48O6. The Morgan fingerprint density at radius 2 is 1.72 bits per heavy atom. The minimum absolute atomic E-state index is 0.0106. The van der Waals surface area contributed by atoms with Gasteiger partial charge in [0.1, 0.15) is 0 Å². The van der Waals surface area contributed by atoms with Gasteiger partial charge in [-0.2, -0.15) is 0 Å². The van der Waals surface area contributed by atoms with Gasteiger partial charge in [-0.05, 0) is 93.6 Å². The Morgan fingerprint density at radius 3 is 2.39 bits per heavy atom. The summed E-state index contributed by atoms with van der Waals surface area (Å²) in [5, 5.41) is 35.2. The van der Waals surface area contributed by atoms with Crippen molar-refractivity contribution >= 4 is 5.78 Å². The Labute approximate surface area is 216 Å². The summed E-state index contributed by atoms with van der Waals surface area (Å²) in [7, 11) is 0. The van der Waals surface area contributed by atoms with E-state index in [1.165, 1.54) is 0 Å². The van der Waals surface area contributed by atoms with E-state index in [-0.39, 0.29) is 41.7 Å². The molecule has 5 aliphatic rings. The van der Waals surface area contributed by atoms with Crippen LogP contribution in [-0.2, 0) is 14.3 Å². The molecule has 204 valence electrons. The van der Waals surface area contributed by atoms with E-state index in [1.54, 1.807) is 6.08 Å². The molecule has 3 saturated carbocycles. The Balaban J connectivity index is 1.47. The fourth-order valence-electron chi connectivity index (χ4n) is 9.37. The summed E-state index contributed by atoms with van der Waals surface area (Å²) in [5.74, 6) is -0.545. The van der Waals surface area contributed by atoms with Crippen molar-refractivity contribution in [3.05, 3.63) is 11.6 Å². The average molecular weight is 505 g/mol. The van der Waals surface area contributed by atoms with Gasteiger partial charge in [0.15, 0.2) is 11.6 Å². The van der Waals surface area contributed by atoms with Crippen molar-refractivity contribution in [1.82, 2.24) is 0 Å². The molecule has 0 radical (unpaired) electrons. The van der Waals surface area contributed by atoms with E-state index in [2.05, 4.69) is 34.6 Å². The number of ketones is 1. The fraction of sp³-hybridized carbons (Fsp3) is 0.900. The predicted molar refractivity (Wildman–Crippen MR) is 137 cm³/mol. The van der Waals surface area contributed by atoms with Gasteiger partial charge in [0, 0.05) is 17.3 Å². The largest absolute Gasteiger partial charge is 0.393 e. The highest BCUT2D eigenvalue weighted by Crippen LogP contribution is 2.68. The highest BCUT2D eigenvalue weighted by Gasteiger charge is 2.70. The van der Waals surface area contributed by atoms with Gasteiger partial charge >= 0.3 is 0 Å². The van der Waals surface area contributed by atoms with Gasteiger partial charge in [0.2, 0.25) is 0 Å². The number of rotatable bonds is 5. The molecule has 4 aliphatic carbocycles. The summed E-state index contributed by atoms with van der Waals surface area (Å²) < 4.78 is 12.4. The lowest BCUT2D eigenvalue weighted by Gasteiger charge is -2.61. The zero-order valence-electron chi connectivity index (χ0n) is 23.3. The van der Waals surface area contributed by atoms with Crippen LogP contribution in [0.25, 0.3) is 0 Å². The molecule has 1 aliphatic heterocycles. The second-order valence-corrected chi connectivity index (χ2v) is 14.3. The van der Waals surface area contributed by atoms with Crippen LogP contribution >= 0.6 is 0 Å². The van der Waals surface area contributed by atoms with E-state index in [9.17, 15) is 20.1 Å². The maximum atomic E-state index is 13.6. The van der Waals surface area contributed by atoms with Crippen LogP contribution in [0.15, 0.2) is 11.6 Å². The lowest BCUT2D eigenvalue weighted by molar-refractivity contribution is -0.169. The topological polar surface area (TPSA) is 96.2 Å². The van der Waals surface area contributed by atoms with Gasteiger partial charge in [0.05, 0.1) is 30.0 Å². The molecule has 6 heteroatoms. The monoisotopic (exact) mass is 504 g/mol. The van der Waals surface area contributed by atoms with Gasteiger partial charge in [0.25, 0.3) is 0 Å². The second kappa shape index (κ2) is 8.61. The Bertz CT molecular complexity index is 926. The zero-order valence-corrected chi connectivity index (χ0v) is 23.3. The summed E-state index contributed by atoms with van der Waals surface area (Å²) in [6.07, 6.45) is 5.14. The molecule has 0 aromatic carbocycles. The first-order valence-corrected chi connectivity index (χ1v) is 14.3. The Hall–Kier alpha value is -0.790. The van der Waals surface area contributed by atoms with Crippen molar-refractivity contribution in [2.24, 2.45) is 40.4 Å². The molecule has 0 unspecified atom stereocenters. The normalized spacial score (nSPS) is 49.1. The van der Waals surface area contributed by atoms with Crippen LogP contribution < -0.4 is 0 Å². The molecule has 1 heterocycles. The van der Waals surface area contributed by atoms with E-state index in [4.69, 9.17) is 9.47 Å². The number of carbonyl (C=O) groups excluding carboxylic acids is 1. The third-order valence-corrected chi connectivity index (χ3v) is 11.2. The van der Waals surface area contributed by atoms with Crippen molar-refractivity contribution in [2.75, 3.05) is 0 Å². The summed E-state index contributed by atoms with van der Waals surface area (Å²) in [6, 6.07) is 0. The van der Waals surface area contributed by atoms with Crippen LogP contribution in [0.5, 0.6) is 0 Å². The van der Waals surface area contributed by atoms with Gasteiger partial charge in [-0.25, -0.2) is 0 Å². The molecule has 0 amide bonds. The molecule has 4 fully saturated rings. The number of allylic oxidation sites excluding steroid dienone is 1. The van der Waals surface area contributed by atoms with E-state index >= 15 is 0 Å². The minimum Gasteiger partial charge on any atom is -0.393 e. The fourth-order valence-corrected chi connectivity index (χ4v) is 9.37. The number of ether oxygens (including phenoxy) is 2. The zero-order chi connectivity index (χ0) is 26.4. The second-order valence-electron chi connectivity index (χ2n) is 14.3. The molecule has 6 nitrogen and oxygen atoms in total. The standard InChI is InChI=1S/C30H48O6/c1-16(2)8-9-21(31)17(3)18-10-11-30(34)20-12-22(32)19-13-24-25(36-27(4,5)35-24)15-28(19,6)26(20)23(33)14-29(18,30)7/h12,16-19,21,23-26,31,33-34H,8-11,13-15H2,1-7H3/t17-,18+,19-,21+,23+,24+,25-,26+,28-,29+,30+/m0/s1. The average Bonchev–Trinajstić information content (AvgIpc) is 3.21. The summed E-state index contributed by atoms with van der Waals surface area (Å²) >= 11 is 0. The van der Waals surface area contributed by atoms with E-state index < -0.39 is 34.4 Å². The van der Waals surface area contributed by atoms with Crippen LogP contribution in [0.4, 0.5) is 0 Å². The van der Waals surface area contributed by atoms with Crippen molar-refractivity contribution < 1.29 is 29.6 Å². The lowest BCUT2D eigenvalue weighted by Crippen LogP contribution is -2.64. The maximum Gasteiger partial charge on any atom is 0.163 e. The number of hydrogen-bond donors (Lipinski definition) is 3. The van der Waals surface area contributed by atoms with Crippen LogP contribution in [-0.4, -0.2) is 56.9 Å². The third kappa shape index (κ3) is 3.80. The molecule has 36 heavy (non-hydrogen) atoms. The summed E-state index contributed by atoms with van der Waals surface area (Å²) in [5.41, 5.74) is -1.51. The van der Waals surface area contributed by atoms with Crippen LogP contribution in [0.2, 0.25) is 0 Å². The van der Waals surface area contributed by atoms with Crippen molar-refractivity contribution in [3.63, 3.8) is 0 Å². The minimum atomic E-state index is -1.15.